The van der Waals surface area contributed by atoms with Gasteiger partial charge in [-0.3, -0.25) is 0 Å². The highest BCUT2D eigenvalue weighted by molar-refractivity contribution is 9.10. The number of hydrogen-bond donors (Lipinski definition) is 1. The maximum atomic E-state index is 5.59. The molecule has 0 amide bonds. The van der Waals surface area contributed by atoms with E-state index in [0.29, 0.717) is 12.1 Å². The van der Waals surface area contributed by atoms with Gasteiger partial charge in [-0.05, 0) is 37.5 Å². The molecule has 0 aromatic heterocycles. The monoisotopic (exact) mass is 283 g/mol. The van der Waals surface area contributed by atoms with Crippen LogP contribution in [0.1, 0.15) is 31.4 Å². The molecular formula is C13H18BrNO. The predicted octanol–water partition coefficient (Wildman–Crippen LogP) is 3.28. The molecule has 1 fully saturated rings. The second-order valence-corrected chi connectivity index (χ2v) is 5.24. The summed E-state index contributed by atoms with van der Waals surface area (Å²) in [5.41, 5.74) is 1.31. The number of benzene rings is 1. The zero-order valence-corrected chi connectivity index (χ0v) is 11.2. The largest absolute Gasteiger partial charge is 0.377 e. The molecule has 2 rings (SSSR count). The Kier molecular flexibility index (Phi) is 4.38. The first-order valence-electron chi connectivity index (χ1n) is 5.86. The van der Waals surface area contributed by atoms with Gasteiger partial charge in [0.05, 0.1) is 6.10 Å². The van der Waals surface area contributed by atoms with Crippen LogP contribution in [-0.4, -0.2) is 19.3 Å². The third-order valence-corrected chi connectivity index (χ3v) is 3.52. The quantitative estimate of drug-likeness (QED) is 0.916. The van der Waals surface area contributed by atoms with Crippen LogP contribution in [0.15, 0.2) is 28.7 Å². The molecule has 0 radical (unpaired) electrons. The molecule has 0 saturated carbocycles. The molecular weight excluding hydrogens is 266 g/mol. The van der Waals surface area contributed by atoms with Crippen LogP contribution in [-0.2, 0) is 4.74 Å². The first-order chi connectivity index (χ1) is 7.75. The van der Waals surface area contributed by atoms with Crippen LogP contribution < -0.4 is 5.32 Å². The van der Waals surface area contributed by atoms with E-state index in [-0.39, 0.29) is 0 Å². The minimum absolute atomic E-state index is 0.377. The Morgan fingerprint density at radius 2 is 2.44 bits per heavy atom. The van der Waals surface area contributed by atoms with Crippen LogP contribution in [0.25, 0.3) is 0 Å². The van der Waals surface area contributed by atoms with Gasteiger partial charge >= 0.3 is 0 Å². The predicted molar refractivity (Wildman–Crippen MR) is 69.5 cm³/mol. The van der Waals surface area contributed by atoms with Gasteiger partial charge in [0.1, 0.15) is 0 Å². The molecule has 2 nitrogen and oxygen atoms in total. The van der Waals surface area contributed by atoms with Crippen molar-refractivity contribution in [2.24, 2.45) is 0 Å². The van der Waals surface area contributed by atoms with E-state index < -0.39 is 0 Å². The molecule has 1 aromatic carbocycles. The summed E-state index contributed by atoms with van der Waals surface area (Å²) < 4.78 is 6.73. The summed E-state index contributed by atoms with van der Waals surface area (Å²) in [4.78, 5) is 0. The molecule has 88 valence electrons. The van der Waals surface area contributed by atoms with E-state index in [4.69, 9.17) is 4.74 Å². The molecule has 1 aliphatic rings. The molecule has 16 heavy (non-hydrogen) atoms. The first kappa shape index (κ1) is 12.1. The molecule has 0 aliphatic carbocycles. The molecule has 1 N–H and O–H groups in total. The fourth-order valence-corrected chi connectivity index (χ4v) is 2.42. The zero-order chi connectivity index (χ0) is 11.4. The Bertz CT molecular complexity index is 336. The van der Waals surface area contributed by atoms with Gasteiger partial charge in [-0.25, -0.2) is 0 Å². The van der Waals surface area contributed by atoms with Crippen molar-refractivity contribution >= 4 is 15.9 Å². The summed E-state index contributed by atoms with van der Waals surface area (Å²) in [7, 11) is 0. The van der Waals surface area contributed by atoms with Crippen LogP contribution in [0.3, 0.4) is 0 Å². The lowest BCUT2D eigenvalue weighted by molar-refractivity contribution is 0.108. The van der Waals surface area contributed by atoms with Gasteiger partial charge in [0.25, 0.3) is 0 Å². The Balaban J connectivity index is 1.85. The second kappa shape index (κ2) is 5.80. The zero-order valence-electron chi connectivity index (χ0n) is 9.58. The maximum Gasteiger partial charge on any atom is 0.0700 e. The van der Waals surface area contributed by atoms with Gasteiger partial charge in [0.15, 0.2) is 0 Å². The van der Waals surface area contributed by atoms with E-state index in [1.807, 2.05) is 0 Å². The van der Waals surface area contributed by atoms with E-state index >= 15 is 0 Å². The van der Waals surface area contributed by atoms with Crippen molar-refractivity contribution in [3.63, 3.8) is 0 Å². The molecule has 0 bridgehead atoms. The lowest BCUT2D eigenvalue weighted by Gasteiger charge is -2.17. The lowest BCUT2D eigenvalue weighted by Crippen LogP contribution is -2.28. The maximum absolute atomic E-state index is 5.59. The van der Waals surface area contributed by atoms with Gasteiger partial charge in [0.2, 0.25) is 0 Å². The molecule has 2 atom stereocenters. The second-order valence-electron chi connectivity index (χ2n) is 4.32. The molecule has 1 aromatic rings. The van der Waals surface area contributed by atoms with Crippen molar-refractivity contribution in [2.75, 3.05) is 13.2 Å². The highest BCUT2D eigenvalue weighted by Gasteiger charge is 2.16. The Morgan fingerprint density at radius 3 is 3.12 bits per heavy atom. The minimum Gasteiger partial charge on any atom is -0.377 e. The highest BCUT2D eigenvalue weighted by Crippen LogP contribution is 2.18. The van der Waals surface area contributed by atoms with Gasteiger partial charge < -0.3 is 10.1 Å². The van der Waals surface area contributed by atoms with Crippen LogP contribution in [0.2, 0.25) is 0 Å². The molecule has 3 heteroatoms. The van der Waals surface area contributed by atoms with Crippen molar-refractivity contribution < 1.29 is 4.74 Å². The van der Waals surface area contributed by atoms with E-state index in [2.05, 4.69) is 52.4 Å². The summed E-state index contributed by atoms with van der Waals surface area (Å²) in [5.74, 6) is 0. The number of nitrogens with one attached hydrogen (secondary N) is 1. The summed E-state index contributed by atoms with van der Waals surface area (Å²) in [6, 6.07) is 8.81. The summed E-state index contributed by atoms with van der Waals surface area (Å²) in [6.07, 6.45) is 2.81. The van der Waals surface area contributed by atoms with Crippen molar-refractivity contribution in [1.82, 2.24) is 5.32 Å². The molecule has 0 spiro atoms. The van der Waals surface area contributed by atoms with Gasteiger partial charge in [-0.1, -0.05) is 28.1 Å². The van der Waals surface area contributed by atoms with Gasteiger partial charge in [-0.15, -0.1) is 0 Å². The lowest BCUT2D eigenvalue weighted by atomic mass is 10.1. The fraction of sp³-hybridized carbons (Fsp3) is 0.538. The summed E-state index contributed by atoms with van der Waals surface area (Å²) >= 11 is 3.50. The molecule has 1 aliphatic heterocycles. The molecule has 1 heterocycles. The average Bonchev–Trinajstić information content (AvgIpc) is 2.78. The first-order valence-corrected chi connectivity index (χ1v) is 6.65. The van der Waals surface area contributed by atoms with Gasteiger partial charge in [0, 0.05) is 23.7 Å². The molecule has 1 saturated heterocycles. The fourth-order valence-electron chi connectivity index (χ4n) is 2.01. The number of hydrogen-bond acceptors (Lipinski definition) is 2. The standard InChI is InChI=1S/C13H18BrNO/c1-10(11-4-2-5-12(14)8-11)15-9-13-6-3-7-16-13/h2,4-5,8,10,13,15H,3,6-7,9H2,1H3/t10-,13?/m0/s1. The average molecular weight is 284 g/mol. The smallest absolute Gasteiger partial charge is 0.0700 e. The van der Waals surface area contributed by atoms with Crippen LogP contribution in [0, 0.1) is 0 Å². The number of rotatable bonds is 4. The van der Waals surface area contributed by atoms with Crippen molar-refractivity contribution in [3.05, 3.63) is 34.3 Å². The van der Waals surface area contributed by atoms with Crippen LogP contribution in [0.4, 0.5) is 0 Å². The van der Waals surface area contributed by atoms with Crippen molar-refractivity contribution in [2.45, 2.75) is 31.9 Å². The van der Waals surface area contributed by atoms with Crippen LogP contribution >= 0.6 is 15.9 Å². The summed E-state index contributed by atoms with van der Waals surface area (Å²) in [5, 5.41) is 3.52. The number of ether oxygens (including phenoxy) is 1. The highest BCUT2D eigenvalue weighted by atomic mass is 79.9. The third kappa shape index (κ3) is 3.30. The summed E-state index contributed by atoms with van der Waals surface area (Å²) in [6.45, 7) is 4.07. The van der Waals surface area contributed by atoms with E-state index in [1.54, 1.807) is 0 Å². The minimum atomic E-state index is 0.377. The number of halogens is 1. The Morgan fingerprint density at radius 1 is 1.56 bits per heavy atom. The molecule has 1 unspecified atom stereocenters. The van der Waals surface area contributed by atoms with Crippen LogP contribution in [0.5, 0.6) is 0 Å². The van der Waals surface area contributed by atoms with E-state index in [0.717, 1.165) is 17.6 Å². The van der Waals surface area contributed by atoms with E-state index in [1.165, 1.54) is 18.4 Å². The van der Waals surface area contributed by atoms with Gasteiger partial charge in [-0.2, -0.15) is 0 Å². The van der Waals surface area contributed by atoms with E-state index in [9.17, 15) is 0 Å². The third-order valence-electron chi connectivity index (χ3n) is 3.02. The topological polar surface area (TPSA) is 21.3 Å². The van der Waals surface area contributed by atoms with Crippen molar-refractivity contribution in [1.29, 1.82) is 0 Å². The normalized spacial score (nSPS) is 22.2. The van der Waals surface area contributed by atoms with Crippen molar-refractivity contribution in [3.8, 4) is 0 Å². The Hall–Kier alpha value is -0.380. The Labute approximate surface area is 106 Å². The SMILES string of the molecule is C[C@H](NCC1CCCO1)c1cccc(Br)c1.